The van der Waals surface area contributed by atoms with Crippen LogP contribution in [0.1, 0.15) is 33.6 Å². The van der Waals surface area contributed by atoms with E-state index < -0.39 is 9.84 Å². The normalized spacial score (nSPS) is 12.4. The zero-order valence-electron chi connectivity index (χ0n) is 13.5. The van der Waals surface area contributed by atoms with E-state index in [2.05, 4.69) is 19.2 Å². The van der Waals surface area contributed by atoms with Crippen LogP contribution >= 0.6 is 0 Å². The van der Waals surface area contributed by atoms with Gasteiger partial charge in [-0.1, -0.05) is 32.9 Å². The number of benzene rings is 1. The Morgan fingerprint density at radius 1 is 1.24 bits per heavy atom. The summed E-state index contributed by atoms with van der Waals surface area (Å²) >= 11 is 0. The van der Waals surface area contributed by atoms with E-state index in [-0.39, 0.29) is 11.2 Å². The summed E-state index contributed by atoms with van der Waals surface area (Å²) in [7, 11) is -1.52. The van der Waals surface area contributed by atoms with Crippen molar-refractivity contribution < 1.29 is 13.2 Å². The number of ether oxygens (including phenoxy) is 1. The summed E-state index contributed by atoms with van der Waals surface area (Å²) in [6.07, 6.45) is 1.54. The number of rotatable bonds is 9. The van der Waals surface area contributed by atoms with Gasteiger partial charge >= 0.3 is 0 Å². The lowest BCUT2D eigenvalue weighted by molar-refractivity contribution is 0.157. The molecule has 0 radical (unpaired) electrons. The summed E-state index contributed by atoms with van der Waals surface area (Å²) in [4.78, 5) is 0.398. The molecule has 4 nitrogen and oxygen atoms in total. The third-order valence-electron chi connectivity index (χ3n) is 3.44. The van der Waals surface area contributed by atoms with E-state index in [0.29, 0.717) is 30.2 Å². The van der Waals surface area contributed by atoms with Crippen molar-refractivity contribution in [2.24, 2.45) is 5.41 Å². The Bertz CT molecular complexity index is 538. The molecule has 0 amide bonds. The molecule has 0 aliphatic rings. The molecule has 1 aromatic rings. The third kappa shape index (κ3) is 5.67. The second kappa shape index (κ2) is 7.80. The SMILES string of the molecule is CCCS(=O)(=O)c1ccccc1NCC(C)(C)CCOC. The summed E-state index contributed by atoms with van der Waals surface area (Å²) in [5.41, 5.74) is 0.730. The molecule has 0 bridgehead atoms. The largest absolute Gasteiger partial charge is 0.385 e. The molecule has 0 heterocycles. The predicted octanol–water partition coefficient (Wildman–Crippen LogP) is 3.34. The van der Waals surface area contributed by atoms with Crippen molar-refractivity contribution in [3.8, 4) is 0 Å². The molecular formula is C16H27NO3S. The van der Waals surface area contributed by atoms with Crippen LogP contribution in [-0.4, -0.2) is 34.4 Å². The van der Waals surface area contributed by atoms with Crippen molar-refractivity contribution in [3.63, 3.8) is 0 Å². The lowest BCUT2D eigenvalue weighted by Crippen LogP contribution is -2.25. The average molecular weight is 313 g/mol. The van der Waals surface area contributed by atoms with Crippen molar-refractivity contribution in [2.45, 2.75) is 38.5 Å². The highest BCUT2D eigenvalue weighted by atomic mass is 32.2. The van der Waals surface area contributed by atoms with Gasteiger partial charge in [-0.25, -0.2) is 8.42 Å². The van der Waals surface area contributed by atoms with E-state index in [1.165, 1.54) is 0 Å². The maximum absolute atomic E-state index is 12.3. The van der Waals surface area contributed by atoms with Crippen LogP contribution in [0.15, 0.2) is 29.2 Å². The number of methoxy groups -OCH3 is 1. The van der Waals surface area contributed by atoms with Gasteiger partial charge in [-0.15, -0.1) is 0 Å². The van der Waals surface area contributed by atoms with Crippen molar-refractivity contribution in [3.05, 3.63) is 24.3 Å². The molecule has 0 aromatic heterocycles. The molecule has 1 aromatic carbocycles. The van der Waals surface area contributed by atoms with Gasteiger partial charge in [0.25, 0.3) is 0 Å². The molecule has 0 aliphatic heterocycles. The van der Waals surface area contributed by atoms with Crippen LogP contribution in [0.2, 0.25) is 0 Å². The topological polar surface area (TPSA) is 55.4 Å². The Balaban J connectivity index is 2.86. The fourth-order valence-electron chi connectivity index (χ4n) is 2.06. The van der Waals surface area contributed by atoms with Crippen LogP contribution in [0.4, 0.5) is 5.69 Å². The van der Waals surface area contributed by atoms with Crippen molar-refractivity contribution in [1.82, 2.24) is 0 Å². The fraction of sp³-hybridized carbons (Fsp3) is 0.625. The van der Waals surface area contributed by atoms with Gasteiger partial charge in [-0.05, 0) is 30.4 Å². The van der Waals surface area contributed by atoms with Gasteiger partial charge < -0.3 is 10.1 Å². The summed E-state index contributed by atoms with van der Waals surface area (Å²) in [6, 6.07) is 7.13. The van der Waals surface area contributed by atoms with E-state index in [1.807, 2.05) is 19.1 Å². The summed E-state index contributed by atoms with van der Waals surface area (Å²) in [5.74, 6) is 0.179. The predicted molar refractivity (Wildman–Crippen MR) is 87.5 cm³/mol. The second-order valence-corrected chi connectivity index (χ2v) is 8.15. The summed E-state index contributed by atoms with van der Waals surface area (Å²) < 4.78 is 29.7. The molecule has 1 N–H and O–H groups in total. The Labute approximate surface area is 128 Å². The molecule has 1 rings (SSSR count). The Hall–Kier alpha value is -1.07. The van der Waals surface area contributed by atoms with Crippen molar-refractivity contribution >= 4 is 15.5 Å². The number of hydrogen-bond acceptors (Lipinski definition) is 4. The molecular weight excluding hydrogens is 286 g/mol. The van der Waals surface area contributed by atoms with Crippen LogP contribution in [0.5, 0.6) is 0 Å². The minimum Gasteiger partial charge on any atom is -0.385 e. The zero-order valence-corrected chi connectivity index (χ0v) is 14.3. The van der Waals surface area contributed by atoms with E-state index in [0.717, 1.165) is 6.42 Å². The standard InChI is InChI=1S/C16H27NO3S/c1-5-12-21(18,19)15-9-7-6-8-14(15)17-13-16(2,3)10-11-20-4/h6-9,17H,5,10-13H2,1-4H3. The molecule has 5 heteroatoms. The number of hydrogen-bond donors (Lipinski definition) is 1. The first kappa shape index (κ1) is 18.0. The molecule has 0 aliphatic carbocycles. The quantitative estimate of drug-likeness (QED) is 0.759. The van der Waals surface area contributed by atoms with E-state index in [4.69, 9.17) is 4.74 Å². The Kier molecular flexibility index (Phi) is 6.68. The number of nitrogens with one attached hydrogen (secondary N) is 1. The van der Waals surface area contributed by atoms with Gasteiger partial charge in [0.05, 0.1) is 16.3 Å². The number of anilines is 1. The summed E-state index contributed by atoms with van der Waals surface area (Å²) in [5, 5.41) is 3.29. The van der Waals surface area contributed by atoms with Crippen LogP contribution < -0.4 is 5.32 Å². The molecule has 0 saturated heterocycles. The monoisotopic (exact) mass is 313 g/mol. The highest BCUT2D eigenvalue weighted by Crippen LogP contribution is 2.26. The van der Waals surface area contributed by atoms with Gasteiger partial charge in [-0.2, -0.15) is 0 Å². The third-order valence-corrected chi connectivity index (χ3v) is 5.41. The van der Waals surface area contributed by atoms with E-state index >= 15 is 0 Å². The minimum absolute atomic E-state index is 0.0393. The first-order valence-corrected chi connectivity index (χ1v) is 9.02. The Morgan fingerprint density at radius 2 is 1.90 bits per heavy atom. The minimum atomic E-state index is -3.21. The first-order chi connectivity index (χ1) is 9.82. The fourth-order valence-corrected chi connectivity index (χ4v) is 3.58. The molecule has 0 atom stereocenters. The summed E-state index contributed by atoms with van der Waals surface area (Å²) in [6.45, 7) is 7.56. The average Bonchev–Trinajstić information content (AvgIpc) is 2.43. The highest BCUT2D eigenvalue weighted by Gasteiger charge is 2.21. The van der Waals surface area contributed by atoms with Gasteiger partial charge in [0, 0.05) is 20.3 Å². The van der Waals surface area contributed by atoms with Gasteiger partial charge in [0.2, 0.25) is 0 Å². The van der Waals surface area contributed by atoms with Crippen LogP contribution in [-0.2, 0) is 14.6 Å². The molecule has 0 spiro atoms. The number of para-hydroxylation sites is 1. The molecule has 120 valence electrons. The lowest BCUT2D eigenvalue weighted by Gasteiger charge is -2.26. The van der Waals surface area contributed by atoms with Gasteiger partial charge in [0.15, 0.2) is 9.84 Å². The molecule has 21 heavy (non-hydrogen) atoms. The van der Waals surface area contributed by atoms with E-state index in [9.17, 15) is 8.42 Å². The van der Waals surface area contributed by atoms with Crippen LogP contribution in [0.3, 0.4) is 0 Å². The number of sulfone groups is 1. The maximum Gasteiger partial charge on any atom is 0.180 e. The van der Waals surface area contributed by atoms with Crippen molar-refractivity contribution in [2.75, 3.05) is 31.3 Å². The molecule has 0 unspecified atom stereocenters. The molecule has 0 saturated carbocycles. The first-order valence-electron chi connectivity index (χ1n) is 7.37. The maximum atomic E-state index is 12.3. The van der Waals surface area contributed by atoms with Gasteiger partial charge in [0.1, 0.15) is 0 Å². The second-order valence-electron chi connectivity index (χ2n) is 6.08. The zero-order chi connectivity index (χ0) is 15.9. The molecule has 0 fully saturated rings. The van der Waals surface area contributed by atoms with Crippen molar-refractivity contribution in [1.29, 1.82) is 0 Å². The smallest absolute Gasteiger partial charge is 0.180 e. The Morgan fingerprint density at radius 3 is 2.52 bits per heavy atom. The van der Waals surface area contributed by atoms with Crippen LogP contribution in [0, 0.1) is 5.41 Å². The van der Waals surface area contributed by atoms with E-state index in [1.54, 1.807) is 19.2 Å². The highest BCUT2D eigenvalue weighted by molar-refractivity contribution is 7.91. The van der Waals surface area contributed by atoms with Gasteiger partial charge in [-0.3, -0.25) is 0 Å². The van der Waals surface area contributed by atoms with Crippen LogP contribution in [0.25, 0.3) is 0 Å². The lowest BCUT2D eigenvalue weighted by atomic mass is 9.89.